The highest BCUT2D eigenvalue weighted by Gasteiger charge is 2.29. The number of anilines is 1. The maximum Gasteiger partial charge on any atom is 0.245 e. The fourth-order valence-electron chi connectivity index (χ4n) is 2.06. The predicted octanol–water partition coefficient (Wildman–Crippen LogP) is 2.57. The molecule has 0 bridgehead atoms. The van der Waals surface area contributed by atoms with Crippen LogP contribution in [0.3, 0.4) is 0 Å². The summed E-state index contributed by atoms with van der Waals surface area (Å²) in [6.07, 6.45) is 0.470. The van der Waals surface area contributed by atoms with E-state index >= 15 is 0 Å². The lowest BCUT2D eigenvalue weighted by atomic mass is 10.0. The van der Waals surface area contributed by atoms with Crippen LogP contribution in [0.4, 0.5) is 5.69 Å². The highest BCUT2D eigenvalue weighted by molar-refractivity contribution is 6.30. The summed E-state index contributed by atoms with van der Waals surface area (Å²) in [5, 5.41) is 13.0. The molecule has 2 N–H and O–H groups in total. The van der Waals surface area contributed by atoms with E-state index in [0.29, 0.717) is 17.1 Å². The maximum atomic E-state index is 12.3. The standard InChI is InChI=1S/C16H21ClN4O2/c1-11(2)10-15(16(23)19-9-8-18)21(12(3)22)20-14-6-4-13(17)5-7-14/h4-7,11,15,20H,9-10H2,1-3H3,(H,19,23). The fourth-order valence-corrected chi connectivity index (χ4v) is 2.19. The number of nitriles is 1. The zero-order valence-electron chi connectivity index (χ0n) is 13.5. The zero-order chi connectivity index (χ0) is 17.4. The van der Waals surface area contributed by atoms with Crippen LogP contribution < -0.4 is 10.7 Å². The van der Waals surface area contributed by atoms with Gasteiger partial charge in [0.1, 0.15) is 12.6 Å². The van der Waals surface area contributed by atoms with Gasteiger partial charge in [-0.1, -0.05) is 25.4 Å². The van der Waals surface area contributed by atoms with Crippen molar-refractivity contribution < 1.29 is 9.59 Å². The lowest BCUT2D eigenvalue weighted by Crippen LogP contribution is -2.52. The van der Waals surface area contributed by atoms with E-state index in [9.17, 15) is 9.59 Å². The Morgan fingerprint density at radius 3 is 2.39 bits per heavy atom. The Kier molecular flexibility index (Phi) is 7.36. The van der Waals surface area contributed by atoms with Crippen LogP contribution in [0.2, 0.25) is 5.02 Å². The molecule has 1 aromatic carbocycles. The van der Waals surface area contributed by atoms with Gasteiger partial charge < -0.3 is 5.32 Å². The van der Waals surface area contributed by atoms with Crippen LogP contribution >= 0.6 is 11.6 Å². The first kappa shape index (κ1) is 18.8. The minimum atomic E-state index is -0.712. The summed E-state index contributed by atoms with van der Waals surface area (Å²) in [6, 6.07) is 7.97. The zero-order valence-corrected chi connectivity index (χ0v) is 14.2. The van der Waals surface area contributed by atoms with Crippen molar-refractivity contribution in [1.82, 2.24) is 10.3 Å². The van der Waals surface area contributed by atoms with Crippen molar-refractivity contribution in [3.05, 3.63) is 29.3 Å². The molecule has 0 aliphatic carbocycles. The average molecular weight is 337 g/mol. The van der Waals surface area contributed by atoms with E-state index in [1.54, 1.807) is 24.3 Å². The van der Waals surface area contributed by atoms with Crippen molar-refractivity contribution in [2.45, 2.75) is 33.2 Å². The number of carbonyl (C=O) groups is 2. The van der Waals surface area contributed by atoms with Gasteiger partial charge in [-0.3, -0.25) is 15.0 Å². The fraction of sp³-hybridized carbons (Fsp3) is 0.438. The summed E-state index contributed by atoms with van der Waals surface area (Å²) in [6.45, 7) is 5.21. The van der Waals surface area contributed by atoms with Crippen molar-refractivity contribution in [2.75, 3.05) is 12.0 Å². The van der Waals surface area contributed by atoms with E-state index in [1.807, 2.05) is 19.9 Å². The smallest absolute Gasteiger partial charge is 0.245 e. The second-order valence-corrected chi connectivity index (χ2v) is 5.97. The lowest BCUT2D eigenvalue weighted by molar-refractivity contribution is -0.137. The molecule has 0 aliphatic rings. The largest absolute Gasteiger partial charge is 0.341 e. The molecule has 0 radical (unpaired) electrons. The molecule has 0 heterocycles. The summed E-state index contributed by atoms with van der Waals surface area (Å²) < 4.78 is 0. The van der Waals surface area contributed by atoms with Crippen LogP contribution in [0, 0.1) is 17.2 Å². The maximum absolute atomic E-state index is 12.3. The van der Waals surface area contributed by atoms with Crippen molar-refractivity contribution in [3.63, 3.8) is 0 Å². The number of benzene rings is 1. The van der Waals surface area contributed by atoms with Gasteiger partial charge in [-0.2, -0.15) is 5.26 Å². The highest BCUT2D eigenvalue weighted by atomic mass is 35.5. The molecule has 1 rings (SSSR count). The molecule has 1 aromatic rings. The molecular formula is C16H21ClN4O2. The second-order valence-electron chi connectivity index (χ2n) is 5.53. The molecule has 7 heteroatoms. The average Bonchev–Trinajstić information content (AvgIpc) is 2.49. The van der Waals surface area contributed by atoms with Gasteiger partial charge in [-0.25, -0.2) is 5.01 Å². The molecule has 0 saturated heterocycles. The van der Waals surface area contributed by atoms with Crippen LogP contribution in [0.5, 0.6) is 0 Å². The minimum Gasteiger partial charge on any atom is -0.341 e. The van der Waals surface area contributed by atoms with Crippen molar-refractivity contribution in [3.8, 4) is 6.07 Å². The van der Waals surface area contributed by atoms with Gasteiger partial charge in [-0.05, 0) is 36.6 Å². The van der Waals surface area contributed by atoms with Gasteiger partial charge in [0.25, 0.3) is 0 Å². The summed E-state index contributed by atoms with van der Waals surface area (Å²) in [5.74, 6) is -0.462. The normalized spacial score (nSPS) is 11.5. The third-order valence-corrected chi connectivity index (χ3v) is 3.34. The Balaban J connectivity index is 2.99. The molecule has 0 saturated carbocycles. The van der Waals surface area contributed by atoms with Crippen LogP contribution in [0.25, 0.3) is 0 Å². The van der Waals surface area contributed by atoms with Gasteiger partial charge in [0.15, 0.2) is 0 Å². The molecule has 0 spiro atoms. The molecule has 0 aliphatic heterocycles. The SMILES string of the molecule is CC(=O)N(Nc1ccc(Cl)cc1)C(CC(C)C)C(=O)NCC#N. The third-order valence-electron chi connectivity index (χ3n) is 3.08. The first-order valence-electron chi connectivity index (χ1n) is 7.31. The molecule has 1 atom stereocenters. The van der Waals surface area contributed by atoms with Crippen molar-refractivity contribution >= 4 is 29.1 Å². The lowest BCUT2D eigenvalue weighted by Gasteiger charge is -2.31. The Hall–Kier alpha value is -2.26. The molecule has 124 valence electrons. The topological polar surface area (TPSA) is 85.2 Å². The number of rotatable bonds is 7. The number of halogens is 1. The molecule has 6 nitrogen and oxygen atoms in total. The summed E-state index contributed by atoms with van der Waals surface area (Å²) in [7, 11) is 0. The number of nitrogens with zero attached hydrogens (tertiary/aromatic N) is 2. The molecule has 0 fully saturated rings. The van der Waals surface area contributed by atoms with Crippen LogP contribution in [0.15, 0.2) is 24.3 Å². The Bertz CT molecular complexity index is 581. The molecular weight excluding hydrogens is 316 g/mol. The number of amides is 2. The van der Waals surface area contributed by atoms with Crippen molar-refractivity contribution in [1.29, 1.82) is 5.26 Å². The highest BCUT2D eigenvalue weighted by Crippen LogP contribution is 2.18. The van der Waals surface area contributed by atoms with Gasteiger partial charge in [0.05, 0.1) is 11.8 Å². The summed E-state index contributed by atoms with van der Waals surface area (Å²) in [4.78, 5) is 24.3. The van der Waals surface area contributed by atoms with Gasteiger partial charge in [-0.15, -0.1) is 0 Å². The van der Waals surface area contributed by atoms with Gasteiger partial charge in [0, 0.05) is 11.9 Å². The van der Waals surface area contributed by atoms with E-state index < -0.39 is 6.04 Å². The Morgan fingerprint density at radius 2 is 1.91 bits per heavy atom. The minimum absolute atomic E-state index is 0.0971. The van der Waals surface area contributed by atoms with E-state index in [0.717, 1.165) is 0 Å². The van der Waals surface area contributed by atoms with E-state index in [-0.39, 0.29) is 24.3 Å². The second kappa shape index (κ2) is 9.01. The monoisotopic (exact) mass is 336 g/mol. The predicted molar refractivity (Wildman–Crippen MR) is 89.5 cm³/mol. The first-order chi connectivity index (χ1) is 10.8. The third kappa shape index (κ3) is 6.17. The quantitative estimate of drug-likeness (QED) is 0.592. The van der Waals surface area contributed by atoms with Crippen LogP contribution in [0.1, 0.15) is 27.2 Å². The van der Waals surface area contributed by atoms with Crippen LogP contribution in [-0.2, 0) is 9.59 Å². The first-order valence-corrected chi connectivity index (χ1v) is 7.69. The Morgan fingerprint density at radius 1 is 1.30 bits per heavy atom. The van der Waals surface area contributed by atoms with Gasteiger partial charge in [0.2, 0.25) is 11.8 Å². The van der Waals surface area contributed by atoms with E-state index in [1.165, 1.54) is 11.9 Å². The summed E-state index contributed by atoms with van der Waals surface area (Å²) >= 11 is 5.85. The number of carbonyl (C=O) groups excluding carboxylic acids is 2. The van der Waals surface area contributed by atoms with E-state index in [2.05, 4.69) is 10.7 Å². The number of hydrazine groups is 1. The number of hydrogen-bond donors (Lipinski definition) is 2. The van der Waals surface area contributed by atoms with Gasteiger partial charge >= 0.3 is 0 Å². The number of hydrogen-bond acceptors (Lipinski definition) is 4. The number of nitrogens with one attached hydrogen (secondary N) is 2. The molecule has 23 heavy (non-hydrogen) atoms. The molecule has 0 aromatic heterocycles. The molecule has 2 amide bonds. The summed E-state index contributed by atoms with van der Waals surface area (Å²) in [5.41, 5.74) is 3.59. The van der Waals surface area contributed by atoms with Crippen LogP contribution in [-0.4, -0.2) is 29.4 Å². The Labute approximate surface area is 141 Å². The van der Waals surface area contributed by atoms with E-state index in [4.69, 9.17) is 16.9 Å². The van der Waals surface area contributed by atoms with Crippen molar-refractivity contribution in [2.24, 2.45) is 5.92 Å². The molecule has 1 unspecified atom stereocenters.